The molecule has 2 fully saturated rings. The van der Waals surface area contributed by atoms with Crippen LogP contribution in [0.1, 0.15) is 58.6 Å². The van der Waals surface area contributed by atoms with Crippen molar-refractivity contribution in [3.05, 3.63) is 64.7 Å². The van der Waals surface area contributed by atoms with Gasteiger partial charge in [-0.15, -0.1) is 0 Å². The first kappa shape index (κ1) is 25.4. The molecular weight excluding hydrogens is 454 g/mol. The number of nitrogens with two attached hydrogens (primary N) is 1. The molecular formula is C28H33N5O3. The number of carbonyl (C=O) groups is 3. The lowest BCUT2D eigenvalue weighted by Crippen LogP contribution is -2.42. The smallest absolute Gasteiger partial charge is 0.253 e. The van der Waals surface area contributed by atoms with E-state index < -0.39 is 0 Å². The number of nitrogens with one attached hydrogen (secondary N) is 1. The molecule has 2 aliphatic rings. The summed E-state index contributed by atoms with van der Waals surface area (Å²) in [5, 5.41) is 12.0. The third-order valence-electron chi connectivity index (χ3n) is 7.41. The van der Waals surface area contributed by atoms with Crippen molar-refractivity contribution in [3.63, 3.8) is 0 Å². The van der Waals surface area contributed by atoms with E-state index in [0.717, 1.165) is 18.4 Å². The minimum absolute atomic E-state index is 0.0303. The van der Waals surface area contributed by atoms with E-state index in [9.17, 15) is 14.4 Å². The van der Waals surface area contributed by atoms with Crippen LogP contribution < -0.4 is 11.1 Å². The summed E-state index contributed by atoms with van der Waals surface area (Å²) in [5.41, 5.74) is 9.36. The van der Waals surface area contributed by atoms with Crippen LogP contribution in [0, 0.1) is 24.2 Å². The van der Waals surface area contributed by atoms with Gasteiger partial charge in [0.1, 0.15) is 0 Å². The molecule has 36 heavy (non-hydrogen) atoms. The van der Waals surface area contributed by atoms with Crippen LogP contribution >= 0.6 is 0 Å². The van der Waals surface area contributed by atoms with Crippen molar-refractivity contribution < 1.29 is 14.4 Å². The quantitative estimate of drug-likeness (QED) is 0.649. The van der Waals surface area contributed by atoms with E-state index in [-0.39, 0.29) is 30.2 Å². The zero-order chi connectivity index (χ0) is 25.7. The molecule has 0 bridgehead atoms. The Hall–Kier alpha value is -3.70. The molecule has 188 valence electrons. The summed E-state index contributed by atoms with van der Waals surface area (Å²) in [6, 6.07) is 15.3. The number of benzene rings is 2. The van der Waals surface area contributed by atoms with E-state index in [4.69, 9.17) is 11.0 Å². The Morgan fingerprint density at radius 3 is 2.28 bits per heavy atom. The molecule has 2 aromatic carbocycles. The maximum Gasteiger partial charge on any atom is 0.253 e. The summed E-state index contributed by atoms with van der Waals surface area (Å²) >= 11 is 0. The fourth-order valence-corrected chi connectivity index (χ4v) is 5.09. The van der Waals surface area contributed by atoms with Gasteiger partial charge in [0.25, 0.3) is 5.91 Å². The summed E-state index contributed by atoms with van der Waals surface area (Å²) in [5.74, 6) is -0.165. The van der Waals surface area contributed by atoms with Crippen LogP contribution in [0.25, 0.3) is 0 Å². The van der Waals surface area contributed by atoms with E-state index in [0.29, 0.717) is 61.8 Å². The summed E-state index contributed by atoms with van der Waals surface area (Å²) in [6.45, 7) is 4.81. The Labute approximate surface area is 212 Å². The molecule has 0 spiro atoms. The van der Waals surface area contributed by atoms with Crippen molar-refractivity contribution in [3.8, 4) is 6.07 Å². The number of amides is 3. The van der Waals surface area contributed by atoms with Gasteiger partial charge in [-0.3, -0.25) is 19.3 Å². The second kappa shape index (κ2) is 11.4. The molecule has 8 heteroatoms. The van der Waals surface area contributed by atoms with E-state index in [1.165, 1.54) is 5.56 Å². The molecule has 4 rings (SSSR count). The molecule has 2 heterocycles. The van der Waals surface area contributed by atoms with Gasteiger partial charge in [-0.1, -0.05) is 18.2 Å². The minimum atomic E-state index is -0.269. The number of nitrogens with zero attached hydrogens (tertiary/aromatic N) is 3. The number of likely N-dealkylation sites (tertiary alicyclic amines) is 2. The Bertz CT molecular complexity index is 1150. The molecule has 0 radical (unpaired) electrons. The van der Waals surface area contributed by atoms with E-state index in [1.807, 2.05) is 53.1 Å². The number of carbonyl (C=O) groups excluding carboxylic acids is 3. The van der Waals surface area contributed by atoms with Gasteiger partial charge in [0.15, 0.2) is 0 Å². The van der Waals surface area contributed by atoms with Crippen LogP contribution in [0.3, 0.4) is 0 Å². The van der Waals surface area contributed by atoms with Crippen LogP contribution in [0.2, 0.25) is 0 Å². The lowest BCUT2D eigenvalue weighted by Gasteiger charge is -2.32. The van der Waals surface area contributed by atoms with Gasteiger partial charge in [-0.2, -0.15) is 5.26 Å². The fraction of sp³-hybridized carbons (Fsp3) is 0.429. The normalized spacial score (nSPS) is 17.4. The Kier molecular flexibility index (Phi) is 8.01. The standard InChI is InChI=1S/C28H33N5O3/c1-19-2-5-24(16-25(19)31-26(34)18-32-12-8-23(9-13-32)27(30)35)28(36)33-14-10-22(11-15-33)21-6-3-20(17-29)4-7-21/h2-7,16,22-23H,8-15,18H2,1H3,(H2,30,35)(H,31,34). The predicted molar refractivity (Wildman–Crippen MR) is 137 cm³/mol. The number of hydrogen-bond acceptors (Lipinski definition) is 5. The van der Waals surface area contributed by atoms with Gasteiger partial charge in [-0.05, 0) is 87.0 Å². The zero-order valence-electron chi connectivity index (χ0n) is 20.7. The average molecular weight is 488 g/mol. The van der Waals surface area contributed by atoms with E-state index in [2.05, 4.69) is 11.4 Å². The molecule has 0 aliphatic carbocycles. The highest BCUT2D eigenvalue weighted by Gasteiger charge is 2.26. The first-order valence-corrected chi connectivity index (χ1v) is 12.6. The number of primary amides is 1. The molecule has 2 aromatic rings. The van der Waals surface area contributed by atoms with Crippen molar-refractivity contribution in [2.45, 2.75) is 38.5 Å². The van der Waals surface area contributed by atoms with Gasteiger partial charge in [-0.25, -0.2) is 0 Å². The molecule has 3 amide bonds. The Morgan fingerprint density at radius 1 is 1.00 bits per heavy atom. The zero-order valence-corrected chi connectivity index (χ0v) is 20.7. The number of aryl methyl sites for hydroxylation is 1. The summed E-state index contributed by atoms with van der Waals surface area (Å²) in [4.78, 5) is 41.1. The highest BCUT2D eigenvalue weighted by molar-refractivity contribution is 5.98. The molecule has 0 aromatic heterocycles. The van der Waals surface area contributed by atoms with E-state index in [1.54, 1.807) is 6.07 Å². The van der Waals surface area contributed by atoms with Crippen molar-refractivity contribution in [1.29, 1.82) is 5.26 Å². The Morgan fingerprint density at radius 2 is 1.67 bits per heavy atom. The molecule has 3 N–H and O–H groups in total. The molecule has 0 saturated carbocycles. The van der Waals surface area contributed by atoms with Crippen LogP contribution in [-0.4, -0.2) is 60.2 Å². The third kappa shape index (κ3) is 6.10. The monoisotopic (exact) mass is 487 g/mol. The average Bonchev–Trinajstić information content (AvgIpc) is 2.90. The predicted octanol–water partition coefficient (Wildman–Crippen LogP) is 3.02. The largest absolute Gasteiger partial charge is 0.369 e. The van der Waals surface area contributed by atoms with Gasteiger partial charge in [0.2, 0.25) is 11.8 Å². The van der Waals surface area contributed by atoms with Gasteiger partial charge in [0.05, 0.1) is 18.2 Å². The molecule has 0 unspecified atom stereocenters. The first-order chi connectivity index (χ1) is 17.3. The van der Waals surface area contributed by atoms with Gasteiger partial charge >= 0.3 is 0 Å². The van der Waals surface area contributed by atoms with Crippen LogP contribution in [-0.2, 0) is 9.59 Å². The fourth-order valence-electron chi connectivity index (χ4n) is 5.09. The lowest BCUT2D eigenvalue weighted by atomic mass is 9.89. The number of anilines is 1. The molecule has 2 saturated heterocycles. The van der Waals surface area contributed by atoms with Gasteiger partial charge < -0.3 is 16.0 Å². The first-order valence-electron chi connectivity index (χ1n) is 12.6. The number of piperidine rings is 2. The highest BCUT2D eigenvalue weighted by atomic mass is 16.2. The topological polar surface area (TPSA) is 120 Å². The van der Waals surface area contributed by atoms with Crippen LogP contribution in [0.4, 0.5) is 5.69 Å². The van der Waals surface area contributed by atoms with E-state index >= 15 is 0 Å². The maximum absolute atomic E-state index is 13.2. The number of hydrogen-bond donors (Lipinski definition) is 2. The summed E-state index contributed by atoms with van der Waals surface area (Å²) in [6.07, 6.45) is 3.10. The molecule has 0 atom stereocenters. The van der Waals surface area contributed by atoms with Crippen molar-refractivity contribution in [2.24, 2.45) is 11.7 Å². The van der Waals surface area contributed by atoms with Crippen molar-refractivity contribution in [2.75, 3.05) is 38.0 Å². The highest BCUT2D eigenvalue weighted by Crippen LogP contribution is 2.29. The number of rotatable bonds is 6. The summed E-state index contributed by atoms with van der Waals surface area (Å²) in [7, 11) is 0. The number of nitriles is 1. The second-order valence-electron chi connectivity index (χ2n) is 9.83. The van der Waals surface area contributed by atoms with Crippen molar-refractivity contribution >= 4 is 23.4 Å². The van der Waals surface area contributed by atoms with Gasteiger partial charge in [0, 0.05) is 30.3 Å². The maximum atomic E-state index is 13.2. The van der Waals surface area contributed by atoms with Crippen LogP contribution in [0.15, 0.2) is 42.5 Å². The lowest BCUT2D eigenvalue weighted by molar-refractivity contribution is -0.123. The summed E-state index contributed by atoms with van der Waals surface area (Å²) < 4.78 is 0. The van der Waals surface area contributed by atoms with Crippen LogP contribution in [0.5, 0.6) is 0 Å². The third-order valence-corrected chi connectivity index (χ3v) is 7.41. The minimum Gasteiger partial charge on any atom is -0.369 e. The van der Waals surface area contributed by atoms with Crippen molar-refractivity contribution in [1.82, 2.24) is 9.80 Å². The second-order valence-corrected chi connectivity index (χ2v) is 9.83. The molecule has 8 nitrogen and oxygen atoms in total. The molecule has 2 aliphatic heterocycles. The Balaban J connectivity index is 1.32. The SMILES string of the molecule is Cc1ccc(C(=O)N2CCC(c3ccc(C#N)cc3)CC2)cc1NC(=O)CN1CCC(C(N)=O)CC1.